The van der Waals surface area contributed by atoms with Crippen molar-refractivity contribution in [1.82, 2.24) is 20.2 Å². The molecular formula is C10H10BrClN4O. The van der Waals surface area contributed by atoms with Crippen molar-refractivity contribution in [3.63, 3.8) is 0 Å². The Bertz CT molecular complexity index is 517. The third kappa shape index (κ3) is 3.17. The van der Waals surface area contributed by atoms with Crippen LogP contribution >= 0.6 is 27.5 Å². The van der Waals surface area contributed by atoms with Crippen molar-refractivity contribution in [3.05, 3.63) is 34.1 Å². The molecule has 0 amide bonds. The molecule has 0 N–H and O–H groups in total. The summed E-state index contributed by atoms with van der Waals surface area (Å²) in [4.78, 5) is 1.39. The summed E-state index contributed by atoms with van der Waals surface area (Å²) in [6.07, 6.45) is 0. The van der Waals surface area contributed by atoms with Crippen molar-refractivity contribution in [1.29, 1.82) is 0 Å². The maximum atomic E-state index is 5.73. The standard InChI is InChI=1S/C10H10BrClN4O/c1-16-14-10(13-15-16)6-17-9-3-2-7(5-12)4-8(9)11/h2-4H,5-6H2,1H3. The molecule has 0 saturated carbocycles. The molecule has 0 bridgehead atoms. The summed E-state index contributed by atoms with van der Waals surface area (Å²) in [6.45, 7) is 0.284. The van der Waals surface area contributed by atoms with Crippen molar-refractivity contribution in [2.75, 3.05) is 0 Å². The van der Waals surface area contributed by atoms with Crippen LogP contribution in [-0.2, 0) is 19.5 Å². The summed E-state index contributed by atoms with van der Waals surface area (Å²) >= 11 is 9.16. The second-order valence-electron chi connectivity index (χ2n) is 3.38. The van der Waals surface area contributed by atoms with Crippen LogP contribution in [0.25, 0.3) is 0 Å². The molecule has 7 heteroatoms. The van der Waals surface area contributed by atoms with E-state index in [-0.39, 0.29) is 6.61 Å². The van der Waals surface area contributed by atoms with Gasteiger partial charge in [-0.05, 0) is 38.8 Å². The first-order valence-electron chi connectivity index (χ1n) is 4.89. The number of hydrogen-bond acceptors (Lipinski definition) is 4. The van der Waals surface area contributed by atoms with Gasteiger partial charge in [0.15, 0.2) is 6.61 Å². The minimum Gasteiger partial charge on any atom is -0.484 e. The minimum atomic E-state index is 0.284. The van der Waals surface area contributed by atoms with Crippen LogP contribution in [-0.4, -0.2) is 20.2 Å². The fourth-order valence-corrected chi connectivity index (χ4v) is 1.97. The number of hydrogen-bond donors (Lipinski definition) is 0. The lowest BCUT2D eigenvalue weighted by atomic mass is 10.2. The van der Waals surface area contributed by atoms with Gasteiger partial charge in [-0.3, -0.25) is 0 Å². The first kappa shape index (κ1) is 12.3. The topological polar surface area (TPSA) is 52.8 Å². The number of nitrogens with zero attached hydrogens (tertiary/aromatic N) is 4. The summed E-state index contributed by atoms with van der Waals surface area (Å²) in [6, 6.07) is 5.70. The van der Waals surface area contributed by atoms with Crippen molar-refractivity contribution < 1.29 is 4.74 Å². The fraction of sp³-hybridized carbons (Fsp3) is 0.300. The summed E-state index contributed by atoms with van der Waals surface area (Å²) in [5.74, 6) is 1.75. The number of halogens is 2. The SMILES string of the molecule is Cn1nnc(COc2ccc(CCl)cc2Br)n1. The molecule has 0 radical (unpaired) electrons. The summed E-state index contributed by atoms with van der Waals surface area (Å²) in [5, 5.41) is 11.6. The van der Waals surface area contributed by atoms with E-state index >= 15 is 0 Å². The monoisotopic (exact) mass is 316 g/mol. The summed E-state index contributed by atoms with van der Waals surface area (Å²) in [7, 11) is 1.71. The molecule has 1 aromatic heterocycles. The Balaban J connectivity index is 2.04. The Hall–Kier alpha value is -1.14. The van der Waals surface area contributed by atoms with Crippen molar-refractivity contribution >= 4 is 27.5 Å². The molecule has 0 atom stereocenters. The molecule has 5 nitrogen and oxygen atoms in total. The molecule has 0 aliphatic heterocycles. The molecule has 0 unspecified atom stereocenters. The Morgan fingerprint density at radius 3 is 2.88 bits per heavy atom. The average molecular weight is 318 g/mol. The smallest absolute Gasteiger partial charge is 0.212 e. The Kier molecular flexibility index (Phi) is 3.96. The van der Waals surface area contributed by atoms with Gasteiger partial charge in [0.25, 0.3) is 0 Å². The molecule has 0 saturated heterocycles. The van der Waals surface area contributed by atoms with Crippen LogP contribution in [0.2, 0.25) is 0 Å². The average Bonchev–Trinajstić information content (AvgIpc) is 2.73. The van der Waals surface area contributed by atoms with E-state index in [4.69, 9.17) is 16.3 Å². The largest absolute Gasteiger partial charge is 0.484 e. The lowest BCUT2D eigenvalue weighted by Gasteiger charge is -2.06. The van der Waals surface area contributed by atoms with Gasteiger partial charge in [0.05, 0.1) is 11.5 Å². The van der Waals surface area contributed by atoms with Gasteiger partial charge in [-0.25, -0.2) is 0 Å². The Morgan fingerprint density at radius 1 is 1.47 bits per heavy atom. The molecule has 0 spiro atoms. The van der Waals surface area contributed by atoms with Crippen LogP contribution in [0.3, 0.4) is 0 Å². The van der Waals surface area contributed by atoms with Crippen molar-refractivity contribution in [3.8, 4) is 5.75 Å². The molecule has 1 heterocycles. The van der Waals surface area contributed by atoms with Crippen LogP contribution in [0.4, 0.5) is 0 Å². The second-order valence-corrected chi connectivity index (χ2v) is 4.50. The second kappa shape index (κ2) is 5.46. The summed E-state index contributed by atoms with van der Waals surface area (Å²) < 4.78 is 6.43. The van der Waals surface area contributed by atoms with Crippen LogP contribution in [0.15, 0.2) is 22.7 Å². The molecule has 1 aromatic carbocycles. The third-order valence-electron chi connectivity index (χ3n) is 2.06. The molecule has 2 aromatic rings. The van der Waals surface area contributed by atoms with Crippen LogP contribution in [0.5, 0.6) is 5.75 Å². The van der Waals surface area contributed by atoms with Gasteiger partial charge >= 0.3 is 0 Å². The highest BCUT2D eigenvalue weighted by atomic mass is 79.9. The number of ether oxygens (including phenoxy) is 1. The van der Waals surface area contributed by atoms with Gasteiger partial charge in [0, 0.05) is 5.88 Å². The molecular weight excluding hydrogens is 307 g/mol. The zero-order chi connectivity index (χ0) is 12.3. The quantitative estimate of drug-likeness (QED) is 0.812. The van der Waals surface area contributed by atoms with Crippen molar-refractivity contribution in [2.24, 2.45) is 7.05 Å². The highest BCUT2D eigenvalue weighted by molar-refractivity contribution is 9.10. The molecule has 90 valence electrons. The van der Waals surface area contributed by atoms with Crippen LogP contribution in [0, 0.1) is 0 Å². The van der Waals surface area contributed by atoms with E-state index in [2.05, 4.69) is 31.3 Å². The Labute approximate surface area is 112 Å². The molecule has 0 aliphatic carbocycles. The number of aryl methyl sites for hydroxylation is 1. The molecule has 2 rings (SSSR count). The van der Waals surface area contributed by atoms with Crippen LogP contribution in [0.1, 0.15) is 11.4 Å². The predicted molar refractivity (Wildman–Crippen MR) is 66.8 cm³/mol. The van der Waals surface area contributed by atoms with Gasteiger partial charge in [-0.2, -0.15) is 4.80 Å². The zero-order valence-corrected chi connectivity index (χ0v) is 11.4. The van der Waals surface area contributed by atoms with Gasteiger partial charge in [-0.15, -0.1) is 21.8 Å². The van der Waals surface area contributed by atoms with Gasteiger partial charge < -0.3 is 4.74 Å². The van der Waals surface area contributed by atoms with E-state index in [9.17, 15) is 0 Å². The van der Waals surface area contributed by atoms with E-state index in [0.717, 1.165) is 15.8 Å². The zero-order valence-electron chi connectivity index (χ0n) is 9.10. The highest BCUT2D eigenvalue weighted by Crippen LogP contribution is 2.27. The van der Waals surface area contributed by atoms with Crippen LogP contribution < -0.4 is 4.74 Å². The van der Waals surface area contributed by atoms with E-state index in [1.54, 1.807) is 7.05 Å². The number of alkyl halides is 1. The van der Waals surface area contributed by atoms with Gasteiger partial charge in [-0.1, -0.05) is 6.07 Å². The van der Waals surface area contributed by atoms with E-state index in [0.29, 0.717) is 11.7 Å². The first-order chi connectivity index (χ1) is 8.19. The fourth-order valence-electron chi connectivity index (χ4n) is 1.27. The number of tetrazole rings is 1. The van der Waals surface area contributed by atoms with E-state index < -0.39 is 0 Å². The normalized spacial score (nSPS) is 10.5. The number of aromatic nitrogens is 4. The molecule has 17 heavy (non-hydrogen) atoms. The first-order valence-corrected chi connectivity index (χ1v) is 6.22. The maximum absolute atomic E-state index is 5.73. The van der Waals surface area contributed by atoms with E-state index in [1.165, 1.54) is 4.80 Å². The van der Waals surface area contributed by atoms with Gasteiger partial charge in [0.2, 0.25) is 5.82 Å². The molecule has 0 fully saturated rings. The third-order valence-corrected chi connectivity index (χ3v) is 2.99. The lowest BCUT2D eigenvalue weighted by Crippen LogP contribution is -1.99. The van der Waals surface area contributed by atoms with E-state index in [1.807, 2.05) is 18.2 Å². The Morgan fingerprint density at radius 2 is 2.29 bits per heavy atom. The predicted octanol–water partition coefficient (Wildman–Crippen LogP) is 2.29. The summed E-state index contributed by atoms with van der Waals surface area (Å²) in [5.41, 5.74) is 1.03. The maximum Gasteiger partial charge on any atom is 0.212 e. The number of benzene rings is 1. The molecule has 0 aliphatic rings. The highest BCUT2D eigenvalue weighted by Gasteiger charge is 2.05. The lowest BCUT2D eigenvalue weighted by molar-refractivity contribution is 0.293. The van der Waals surface area contributed by atoms with Crippen molar-refractivity contribution in [2.45, 2.75) is 12.5 Å². The van der Waals surface area contributed by atoms with Gasteiger partial charge in [0.1, 0.15) is 5.75 Å². The number of rotatable bonds is 4. The minimum absolute atomic E-state index is 0.284.